The number of carbonyl (C=O) groups excluding carboxylic acids is 1. The summed E-state index contributed by atoms with van der Waals surface area (Å²) in [4.78, 5) is 17.7. The summed E-state index contributed by atoms with van der Waals surface area (Å²) in [6.07, 6.45) is 6.18. The van der Waals surface area contributed by atoms with Crippen LogP contribution in [0.5, 0.6) is 0 Å². The Kier molecular flexibility index (Phi) is 5.46. The van der Waals surface area contributed by atoms with Crippen LogP contribution in [0.1, 0.15) is 38.6 Å². The Morgan fingerprint density at radius 3 is 2.78 bits per heavy atom. The Labute approximate surface area is 138 Å². The van der Waals surface area contributed by atoms with E-state index in [1.165, 1.54) is 16.1 Å². The van der Waals surface area contributed by atoms with Gasteiger partial charge in [-0.3, -0.25) is 4.79 Å². The molecule has 1 aliphatic rings. The van der Waals surface area contributed by atoms with Gasteiger partial charge in [0.1, 0.15) is 5.82 Å². The standard InChI is InChI=1S/C15H26N4O3S/c1-5-14-16-8-10-19(14)13-7-6-9-18(11-13)23(21,22)12(2)15(20)17(3)4/h8,10,12-13H,5-7,9,11H2,1-4H3. The minimum Gasteiger partial charge on any atom is -0.348 e. The van der Waals surface area contributed by atoms with Crippen molar-refractivity contribution < 1.29 is 13.2 Å². The smallest absolute Gasteiger partial charge is 0.241 e. The lowest BCUT2D eigenvalue weighted by molar-refractivity contribution is -0.128. The fraction of sp³-hybridized carbons (Fsp3) is 0.733. The van der Waals surface area contributed by atoms with Crippen LogP contribution < -0.4 is 0 Å². The molecule has 1 aliphatic heterocycles. The Morgan fingerprint density at radius 2 is 2.17 bits per heavy atom. The van der Waals surface area contributed by atoms with Crippen molar-refractivity contribution in [1.29, 1.82) is 0 Å². The van der Waals surface area contributed by atoms with E-state index in [1.807, 2.05) is 13.1 Å². The molecule has 0 saturated carbocycles. The molecule has 0 aromatic carbocycles. The lowest BCUT2D eigenvalue weighted by Crippen LogP contribution is -2.48. The molecular weight excluding hydrogens is 316 g/mol. The van der Waals surface area contributed by atoms with Gasteiger partial charge in [-0.2, -0.15) is 4.31 Å². The predicted octanol–water partition coefficient (Wildman–Crippen LogP) is 0.889. The summed E-state index contributed by atoms with van der Waals surface area (Å²) < 4.78 is 29.0. The van der Waals surface area contributed by atoms with Crippen LogP contribution in [0.3, 0.4) is 0 Å². The molecular formula is C15H26N4O3S. The lowest BCUT2D eigenvalue weighted by atomic mass is 10.1. The first kappa shape index (κ1) is 17.9. The summed E-state index contributed by atoms with van der Waals surface area (Å²) in [6, 6.07) is 0.0811. The number of carbonyl (C=O) groups is 1. The number of imidazole rings is 1. The third kappa shape index (κ3) is 3.58. The van der Waals surface area contributed by atoms with Gasteiger partial charge in [0.2, 0.25) is 15.9 Å². The molecule has 23 heavy (non-hydrogen) atoms. The zero-order valence-electron chi connectivity index (χ0n) is 14.3. The van der Waals surface area contributed by atoms with Gasteiger partial charge in [-0.25, -0.2) is 13.4 Å². The van der Waals surface area contributed by atoms with Crippen molar-refractivity contribution in [3.8, 4) is 0 Å². The van der Waals surface area contributed by atoms with E-state index in [2.05, 4.69) is 9.55 Å². The highest BCUT2D eigenvalue weighted by Crippen LogP contribution is 2.26. The largest absolute Gasteiger partial charge is 0.348 e. The molecule has 0 bridgehead atoms. The molecule has 0 radical (unpaired) electrons. The molecule has 1 amide bonds. The van der Waals surface area contributed by atoms with E-state index in [0.717, 1.165) is 25.1 Å². The first-order chi connectivity index (χ1) is 10.8. The molecule has 0 N–H and O–H groups in total. The maximum absolute atomic E-state index is 12.8. The van der Waals surface area contributed by atoms with Crippen molar-refractivity contribution in [2.45, 2.75) is 44.4 Å². The highest BCUT2D eigenvalue weighted by molar-refractivity contribution is 7.90. The number of hydrogen-bond acceptors (Lipinski definition) is 4. The minimum absolute atomic E-state index is 0.0811. The summed E-state index contributed by atoms with van der Waals surface area (Å²) in [5.41, 5.74) is 0. The number of rotatable bonds is 5. The second-order valence-corrected chi connectivity index (χ2v) is 8.43. The summed E-state index contributed by atoms with van der Waals surface area (Å²) in [7, 11) is -0.490. The number of aryl methyl sites for hydroxylation is 1. The fourth-order valence-corrected chi connectivity index (χ4v) is 4.72. The van der Waals surface area contributed by atoms with Crippen molar-refractivity contribution in [1.82, 2.24) is 18.8 Å². The summed E-state index contributed by atoms with van der Waals surface area (Å²) in [5.74, 6) is 0.579. The minimum atomic E-state index is -3.64. The van der Waals surface area contributed by atoms with E-state index in [1.54, 1.807) is 20.3 Å². The van der Waals surface area contributed by atoms with Crippen LogP contribution >= 0.6 is 0 Å². The molecule has 2 heterocycles. The number of piperidine rings is 1. The summed E-state index contributed by atoms with van der Waals surface area (Å²) in [5, 5.41) is -1.05. The average molecular weight is 342 g/mol. The highest BCUT2D eigenvalue weighted by atomic mass is 32.2. The lowest BCUT2D eigenvalue weighted by Gasteiger charge is -2.34. The van der Waals surface area contributed by atoms with Crippen molar-refractivity contribution in [3.63, 3.8) is 0 Å². The van der Waals surface area contributed by atoms with E-state index in [4.69, 9.17) is 0 Å². The van der Waals surface area contributed by atoms with Crippen LogP contribution in [0.2, 0.25) is 0 Å². The molecule has 7 nitrogen and oxygen atoms in total. The van der Waals surface area contributed by atoms with Gasteiger partial charge in [-0.05, 0) is 19.8 Å². The number of aromatic nitrogens is 2. The molecule has 130 valence electrons. The average Bonchev–Trinajstić information content (AvgIpc) is 3.02. The molecule has 1 aromatic heterocycles. The van der Waals surface area contributed by atoms with Crippen LogP contribution in [-0.2, 0) is 21.2 Å². The molecule has 2 rings (SSSR count). The SMILES string of the molecule is CCc1nccn1C1CCCN(S(=O)(=O)C(C)C(=O)N(C)C)C1. The molecule has 0 aliphatic carbocycles. The number of hydrogen-bond donors (Lipinski definition) is 0. The van der Waals surface area contributed by atoms with Gasteiger partial charge >= 0.3 is 0 Å². The van der Waals surface area contributed by atoms with Crippen LogP contribution in [0.25, 0.3) is 0 Å². The van der Waals surface area contributed by atoms with Crippen LogP contribution in [0, 0.1) is 0 Å². The van der Waals surface area contributed by atoms with Crippen molar-refractivity contribution in [2.24, 2.45) is 0 Å². The number of sulfonamides is 1. The van der Waals surface area contributed by atoms with Gasteiger partial charge in [-0.15, -0.1) is 0 Å². The van der Waals surface area contributed by atoms with Crippen molar-refractivity contribution >= 4 is 15.9 Å². The maximum atomic E-state index is 12.8. The Bertz CT molecular complexity index is 653. The van der Waals surface area contributed by atoms with E-state index < -0.39 is 15.3 Å². The van der Waals surface area contributed by atoms with Crippen molar-refractivity contribution in [3.05, 3.63) is 18.2 Å². The summed E-state index contributed by atoms with van der Waals surface area (Å²) in [6.45, 7) is 4.38. The highest BCUT2D eigenvalue weighted by Gasteiger charge is 2.37. The Morgan fingerprint density at radius 1 is 1.48 bits per heavy atom. The molecule has 2 atom stereocenters. The third-order valence-electron chi connectivity index (χ3n) is 4.41. The quantitative estimate of drug-likeness (QED) is 0.796. The Hall–Kier alpha value is -1.41. The van der Waals surface area contributed by atoms with Gasteiger partial charge in [0, 0.05) is 52.0 Å². The molecule has 1 aromatic rings. The summed E-state index contributed by atoms with van der Waals surface area (Å²) >= 11 is 0. The van der Waals surface area contributed by atoms with E-state index in [0.29, 0.717) is 13.1 Å². The van der Waals surface area contributed by atoms with Gasteiger partial charge in [0.05, 0.1) is 0 Å². The predicted molar refractivity (Wildman–Crippen MR) is 88.5 cm³/mol. The van der Waals surface area contributed by atoms with Gasteiger partial charge in [0.25, 0.3) is 0 Å². The molecule has 1 saturated heterocycles. The van der Waals surface area contributed by atoms with E-state index in [-0.39, 0.29) is 11.9 Å². The van der Waals surface area contributed by atoms with Gasteiger partial charge < -0.3 is 9.47 Å². The second kappa shape index (κ2) is 7.00. The van der Waals surface area contributed by atoms with Crippen LogP contribution in [-0.4, -0.2) is 65.5 Å². The van der Waals surface area contributed by atoms with Crippen LogP contribution in [0.4, 0.5) is 0 Å². The van der Waals surface area contributed by atoms with Gasteiger partial charge in [0.15, 0.2) is 5.25 Å². The number of amides is 1. The molecule has 8 heteroatoms. The maximum Gasteiger partial charge on any atom is 0.241 e. The first-order valence-corrected chi connectivity index (χ1v) is 9.51. The molecule has 1 fully saturated rings. The number of nitrogens with zero attached hydrogens (tertiary/aromatic N) is 4. The topological polar surface area (TPSA) is 75.5 Å². The van der Waals surface area contributed by atoms with E-state index >= 15 is 0 Å². The normalized spacial score (nSPS) is 21.1. The first-order valence-electron chi connectivity index (χ1n) is 8.00. The molecule has 0 spiro atoms. The zero-order valence-corrected chi connectivity index (χ0v) is 15.1. The van der Waals surface area contributed by atoms with Gasteiger partial charge in [-0.1, -0.05) is 6.92 Å². The monoisotopic (exact) mass is 342 g/mol. The van der Waals surface area contributed by atoms with E-state index in [9.17, 15) is 13.2 Å². The third-order valence-corrected chi connectivity index (χ3v) is 6.56. The fourth-order valence-electron chi connectivity index (χ4n) is 3.04. The zero-order chi connectivity index (χ0) is 17.2. The van der Waals surface area contributed by atoms with Crippen molar-refractivity contribution in [2.75, 3.05) is 27.2 Å². The van der Waals surface area contributed by atoms with Crippen LogP contribution in [0.15, 0.2) is 12.4 Å². The molecule has 2 unspecified atom stereocenters. The Balaban J connectivity index is 2.19. The second-order valence-electron chi connectivity index (χ2n) is 6.18.